The van der Waals surface area contributed by atoms with Crippen LogP contribution in [-0.4, -0.2) is 27.4 Å². The normalized spacial score (nSPS) is 10.4. The lowest BCUT2D eigenvalue weighted by atomic mass is 10.2. The second kappa shape index (κ2) is 8.13. The summed E-state index contributed by atoms with van der Waals surface area (Å²) >= 11 is 0. The van der Waals surface area contributed by atoms with Crippen molar-refractivity contribution in [1.82, 2.24) is 0 Å². The minimum Gasteiger partial charge on any atom is -0.385 e. The van der Waals surface area contributed by atoms with Crippen molar-refractivity contribution in [2.75, 3.05) is 32.7 Å². The molecule has 0 amide bonds. The number of anilines is 1. The van der Waals surface area contributed by atoms with Crippen LogP contribution in [0.3, 0.4) is 0 Å². The summed E-state index contributed by atoms with van der Waals surface area (Å²) in [7, 11) is 3.45. The molecule has 0 unspecified atom stereocenters. The third-order valence-electron chi connectivity index (χ3n) is 2.34. The molecule has 1 N–H and O–H groups in total. The van der Waals surface area contributed by atoms with Gasteiger partial charge in [-0.25, -0.2) is 0 Å². The van der Waals surface area contributed by atoms with E-state index in [0.29, 0.717) is 6.61 Å². The summed E-state index contributed by atoms with van der Waals surface area (Å²) in [6, 6.07) is 8.32. The van der Waals surface area contributed by atoms with E-state index in [2.05, 4.69) is 23.5 Å². The fraction of sp³-hybridized carbons (Fsp3) is 0.538. The van der Waals surface area contributed by atoms with E-state index in [9.17, 15) is 0 Å². The lowest BCUT2D eigenvalue weighted by molar-refractivity contribution is 0.185. The molecule has 90 valence electrons. The monoisotopic (exact) mass is 223 g/mol. The summed E-state index contributed by atoms with van der Waals surface area (Å²) in [5, 5.41) is 3.39. The largest absolute Gasteiger partial charge is 0.385 e. The first-order valence-corrected chi connectivity index (χ1v) is 5.67. The second-order valence-corrected chi connectivity index (χ2v) is 3.76. The first-order chi connectivity index (χ1) is 7.86. The van der Waals surface area contributed by atoms with E-state index in [1.807, 2.05) is 6.07 Å². The molecule has 0 aliphatic heterocycles. The zero-order chi connectivity index (χ0) is 11.6. The molecular formula is C13H21NO2. The van der Waals surface area contributed by atoms with Gasteiger partial charge in [0.05, 0.1) is 6.61 Å². The first kappa shape index (κ1) is 13.0. The number of hydrogen-bond acceptors (Lipinski definition) is 3. The topological polar surface area (TPSA) is 30.5 Å². The Kier molecular flexibility index (Phi) is 6.61. The number of unbranched alkanes of at least 4 members (excludes halogenated alkanes) is 1. The Bertz CT molecular complexity index is 289. The van der Waals surface area contributed by atoms with Gasteiger partial charge in [0, 0.05) is 33.1 Å². The van der Waals surface area contributed by atoms with Crippen LogP contribution in [0.4, 0.5) is 5.69 Å². The molecule has 1 aromatic rings. The lowest BCUT2D eigenvalue weighted by Gasteiger charge is -2.07. The second-order valence-electron chi connectivity index (χ2n) is 3.76. The van der Waals surface area contributed by atoms with Crippen LogP contribution in [0.1, 0.15) is 18.4 Å². The number of rotatable bonds is 8. The zero-order valence-electron chi connectivity index (χ0n) is 10.2. The van der Waals surface area contributed by atoms with E-state index in [1.165, 1.54) is 5.56 Å². The van der Waals surface area contributed by atoms with Gasteiger partial charge in [0.25, 0.3) is 0 Å². The summed E-state index contributed by atoms with van der Waals surface area (Å²) in [6.07, 6.45) is 2.23. The Morgan fingerprint density at radius 1 is 1.12 bits per heavy atom. The van der Waals surface area contributed by atoms with E-state index < -0.39 is 0 Å². The van der Waals surface area contributed by atoms with Gasteiger partial charge in [-0.2, -0.15) is 0 Å². The lowest BCUT2D eigenvalue weighted by Crippen LogP contribution is -2.03. The molecule has 3 nitrogen and oxygen atoms in total. The van der Waals surface area contributed by atoms with Gasteiger partial charge in [-0.15, -0.1) is 0 Å². The number of nitrogens with one attached hydrogen (secondary N) is 1. The van der Waals surface area contributed by atoms with Crippen LogP contribution < -0.4 is 5.32 Å². The fourth-order valence-corrected chi connectivity index (χ4v) is 1.54. The van der Waals surface area contributed by atoms with E-state index >= 15 is 0 Å². The highest BCUT2D eigenvalue weighted by Crippen LogP contribution is 2.11. The van der Waals surface area contributed by atoms with Crippen LogP contribution in [0.25, 0.3) is 0 Å². The summed E-state index contributed by atoms with van der Waals surface area (Å²) in [4.78, 5) is 0. The van der Waals surface area contributed by atoms with Crippen molar-refractivity contribution >= 4 is 5.69 Å². The molecule has 1 rings (SSSR count). The molecule has 3 heteroatoms. The first-order valence-electron chi connectivity index (χ1n) is 5.67. The molecular weight excluding hydrogens is 202 g/mol. The zero-order valence-corrected chi connectivity index (χ0v) is 10.2. The number of methoxy groups -OCH3 is 2. The summed E-state index contributed by atoms with van der Waals surface area (Å²) in [5.41, 5.74) is 2.36. The Hall–Kier alpha value is -1.06. The highest BCUT2D eigenvalue weighted by Gasteiger charge is 1.95. The summed E-state index contributed by atoms with van der Waals surface area (Å²) in [6.45, 7) is 2.49. The van der Waals surface area contributed by atoms with Gasteiger partial charge in [0.15, 0.2) is 0 Å². The van der Waals surface area contributed by atoms with Gasteiger partial charge < -0.3 is 14.8 Å². The van der Waals surface area contributed by atoms with Crippen molar-refractivity contribution in [1.29, 1.82) is 0 Å². The Balaban J connectivity index is 2.27. The van der Waals surface area contributed by atoms with Crippen molar-refractivity contribution in [2.24, 2.45) is 0 Å². The quantitative estimate of drug-likeness (QED) is 0.687. The fourth-order valence-electron chi connectivity index (χ4n) is 1.54. The van der Waals surface area contributed by atoms with Crippen molar-refractivity contribution in [3.05, 3.63) is 29.8 Å². The molecule has 0 aromatic heterocycles. The van der Waals surface area contributed by atoms with Gasteiger partial charge in [0.2, 0.25) is 0 Å². The SMILES string of the molecule is COCCCCNc1cccc(COC)c1. The third-order valence-corrected chi connectivity index (χ3v) is 2.34. The molecule has 0 saturated carbocycles. The molecule has 0 fully saturated rings. The van der Waals surface area contributed by atoms with Crippen LogP contribution in [0.15, 0.2) is 24.3 Å². The predicted octanol–water partition coefficient (Wildman–Crippen LogP) is 2.67. The molecule has 0 aliphatic carbocycles. The maximum atomic E-state index is 5.10. The van der Waals surface area contributed by atoms with Crippen molar-refractivity contribution in [2.45, 2.75) is 19.4 Å². The standard InChI is InChI=1S/C13H21NO2/c1-15-9-4-3-8-14-13-7-5-6-12(10-13)11-16-2/h5-7,10,14H,3-4,8-9,11H2,1-2H3. The molecule has 0 bridgehead atoms. The van der Waals surface area contributed by atoms with Gasteiger partial charge in [-0.1, -0.05) is 12.1 Å². The predicted molar refractivity (Wildman–Crippen MR) is 66.8 cm³/mol. The maximum Gasteiger partial charge on any atom is 0.0713 e. The van der Waals surface area contributed by atoms with Crippen LogP contribution >= 0.6 is 0 Å². The minimum absolute atomic E-state index is 0.666. The van der Waals surface area contributed by atoms with Crippen molar-refractivity contribution < 1.29 is 9.47 Å². The van der Waals surface area contributed by atoms with Crippen molar-refractivity contribution in [3.63, 3.8) is 0 Å². The molecule has 0 radical (unpaired) electrons. The maximum absolute atomic E-state index is 5.10. The highest BCUT2D eigenvalue weighted by molar-refractivity contribution is 5.45. The molecule has 0 atom stereocenters. The molecule has 0 aliphatic rings. The molecule has 16 heavy (non-hydrogen) atoms. The van der Waals surface area contributed by atoms with Gasteiger partial charge in [-0.3, -0.25) is 0 Å². The molecule has 0 saturated heterocycles. The number of hydrogen-bond donors (Lipinski definition) is 1. The van der Waals surface area contributed by atoms with Gasteiger partial charge in [-0.05, 0) is 30.5 Å². The van der Waals surface area contributed by atoms with Crippen LogP contribution in [-0.2, 0) is 16.1 Å². The average Bonchev–Trinajstić information content (AvgIpc) is 2.30. The van der Waals surface area contributed by atoms with Gasteiger partial charge in [0.1, 0.15) is 0 Å². The minimum atomic E-state index is 0.666. The van der Waals surface area contributed by atoms with Crippen molar-refractivity contribution in [3.8, 4) is 0 Å². The summed E-state index contributed by atoms with van der Waals surface area (Å²) < 4.78 is 10.1. The highest BCUT2D eigenvalue weighted by atomic mass is 16.5. The van der Waals surface area contributed by atoms with E-state index in [-0.39, 0.29) is 0 Å². The summed E-state index contributed by atoms with van der Waals surface area (Å²) in [5.74, 6) is 0. The van der Waals surface area contributed by atoms with Gasteiger partial charge >= 0.3 is 0 Å². The molecule has 0 heterocycles. The third kappa shape index (κ3) is 5.14. The smallest absolute Gasteiger partial charge is 0.0713 e. The number of benzene rings is 1. The van der Waals surface area contributed by atoms with E-state index in [4.69, 9.17) is 9.47 Å². The van der Waals surface area contributed by atoms with E-state index in [0.717, 1.165) is 31.7 Å². The average molecular weight is 223 g/mol. The number of ether oxygens (including phenoxy) is 2. The molecule has 0 spiro atoms. The Morgan fingerprint density at radius 2 is 2.00 bits per heavy atom. The van der Waals surface area contributed by atoms with Crippen LogP contribution in [0.5, 0.6) is 0 Å². The van der Waals surface area contributed by atoms with E-state index in [1.54, 1.807) is 14.2 Å². The Labute approximate surface area is 97.8 Å². The Morgan fingerprint density at radius 3 is 2.75 bits per heavy atom. The van der Waals surface area contributed by atoms with Crippen LogP contribution in [0.2, 0.25) is 0 Å². The van der Waals surface area contributed by atoms with Crippen LogP contribution in [0, 0.1) is 0 Å². The molecule has 1 aromatic carbocycles.